The van der Waals surface area contributed by atoms with Crippen molar-refractivity contribution in [1.29, 1.82) is 0 Å². The second-order valence-electron chi connectivity index (χ2n) is 4.89. The number of sulfonamides is 1. The molecule has 0 spiro atoms. The molecular formula is C13H20ClNO3S. The summed E-state index contributed by atoms with van der Waals surface area (Å²) >= 11 is 5.94. The number of nitrogens with one attached hydrogen (secondary N) is 1. The van der Waals surface area contributed by atoms with Gasteiger partial charge in [-0.25, -0.2) is 13.1 Å². The Morgan fingerprint density at radius 2 is 1.95 bits per heavy atom. The number of benzene rings is 1. The van der Waals surface area contributed by atoms with Crippen molar-refractivity contribution < 1.29 is 13.5 Å². The summed E-state index contributed by atoms with van der Waals surface area (Å²) < 4.78 is 26.4. The van der Waals surface area contributed by atoms with E-state index in [2.05, 4.69) is 4.72 Å². The molecule has 0 saturated heterocycles. The van der Waals surface area contributed by atoms with Crippen molar-refractivity contribution in [3.05, 3.63) is 34.9 Å². The molecule has 4 nitrogen and oxygen atoms in total. The molecule has 0 fully saturated rings. The Bertz CT molecular complexity index is 502. The number of rotatable bonds is 7. The maximum Gasteiger partial charge on any atom is 0.215 e. The van der Waals surface area contributed by atoms with Crippen molar-refractivity contribution in [2.75, 3.05) is 6.54 Å². The molecule has 2 atom stereocenters. The van der Waals surface area contributed by atoms with Gasteiger partial charge in [-0.15, -0.1) is 0 Å². The maximum absolute atomic E-state index is 11.9. The number of hydrogen-bond acceptors (Lipinski definition) is 3. The molecular weight excluding hydrogens is 286 g/mol. The quantitative estimate of drug-likeness (QED) is 0.811. The first kappa shape index (κ1) is 16.4. The van der Waals surface area contributed by atoms with Gasteiger partial charge < -0.3 is 5.11 Å². The van der Waals surface area contributed by atoms with Crippen LogP contribution in [0.1, 0.15) is 25.8 Å². The van der Waals surface area contributed by atoms with Gasteiger partial charge in [-0.2, -0.15) is 0 Å². The van der Waals surface area contributed by atoms with Crippen molar-refractivity contribution in [3.8, 4) is 0 Å². The second-order valence-corrected chi connectivity index (χ2v) is 7.10. The molecule has 0 aliphatic heterocycles. The molecule has 0 aromatic heterocycles. The molecule has 0 amide bonds. The van der Waals surface area contributed by atoms with Crippen molar-refractivity contribution in [2.24, 2.45) is 5.92 Å². The normalized spacial score (nSPS) is 15.2. The Morgan fingerprint density at radius 3 is 2.53 bits per heavy atom. The standard InChI is InChI=1S/C13H20ClNO3S/c1-10(7-11(2)16)8-15-19(17,18)9-12-5-3-4-6-13(12)14/h3-6,10-11,15-16H,7-9H2,1-2H3. The van der Waals surface area contributed by atoms with Gasteiger partial charge >= 0.3 is 0 Å². The summed E-state index contributed by atoms with van der Waals surface area (Å²) in [6.07, 6.45) is 0.136. The molecule has 2 unspecified atom stereocenters. The van der Waals surface area contributed by atoms with Crippen LogP contribution in [0.5, 0.6) is 0 Å². The summed E-state index contributed by atoms with van der Waals surface area (Å²) in [6.45, 7) is 3.90. The lowest BCUT2D eigenvalue weighted by Gasteiger charge is -2.14. The average Bonchev–Trinajstić information content (AvgIpc) is 2.29. The van der Waals surface area contributed by atoms with Gasteiger partial charge in [0.2, 0.25) is 10.0 Å². The predicted octanol–water partition coefficient (Wildman–Crippen LogP) is 2.17. The first-order valence-corrected chi connectivity index (χ1v) is 8.22. The minimum atomic E-state index is -3.40. The summed E-state index contributed by atoms with van der Waals surface area (Å²) in [5.41, 5.74) is 0.583. The largest absolute Gasteiger partial charge is 0.393 e. The highest BCUT2D eigenvalue weighted by atomic mass is 35.5. The Hall–Kier alpha value is -0.620. The SMILES string of the molecule is CC(O)CC(C)CNS(=O)(=O)Cc1ccccc1Cl. The molecule has 0 aliphatic rings. The highest BCUT2D eigenvalue weighted by Gasteiger charge is 2.15. The lowest BCUT2D eigenvalue weighted by molar-refractivity contribution is 0.165. The summed E-state index contributed by atoms with van der Waals surface area (Å²) in [6, 6.07) is 6.88. The highest BCUT2D eigenvalue weighted by Crippen LogP contribution is 2.17. The van der Waals surface area contributed by atoms with Crippen LogP contribution in [0.15, 0.2) is 24.3 Å². The fourth-order valence-electron chi connectivity index (χ4n) is 1.81. The van der Waals surface area contributed by atoms with Crippen molar-refractivity contribution in [3.63, 3.8) is 0 Å². The van der Waals surface area contributed by atoms with Crippen molar-refractivity contribution in [1.82, 2.24) is 4.72 Å². The number of aliphatic hydroxyl groups is 1. The van der Waals surface area contributed by atoms with Crippen LogP contribution >= 0.6 is 11.6 Å². The fraction of sp³-hybridized carbons (Fsp3) is 0.538. The summed E-state index contributed by atoms with van der Waals surface area (Å²) in [4.78, 5) is 0. The van der Waals surface area contributed by atoms with Gasteiger partial charge in [0.05, 0.1) is 11.9 Å². The first-order chi connectivity index (χ1) is 8.80. The van der Waals surface area contributed by atoms with Gasteiger partial charge in [-0.1, -0.05) is 36.7 Å². The van der Waals surface area contributed by atoms with E-state index in [-0.39, 0.29) is 11.7 Å². The molecule has 1 aromatic rings. The summed E-state index contributed by atoms with van der Waals surface area (Å²) in [5.74, 6) is -0.0466. The van der Waals surface area contributed by atoms with Gasteiger partial charge in [-0.3, -0.25) is 0 Å². The average molecular weight is 306 g/mol. The Labute approximate surface area is 119 Å². The minimum Gasteiger partial charge on any atom is -0.393 e. The fourth-order valence-corrected chi connectivity index (χ4v) is 3.39. The van der Waals surface area contributed by atoms with E-state index in [4.69, 9.17) is 11.6 Å². The first-order valence-electron chi connectivity index (χ1n) is 6.19. The zero-order valence-electron chi connectivity index (χ0n) is 11.1. The lowest BCUT2D eigenvalue weighted by atomic mass is 10.1. The van der Waals surface area contributed by atoms with E-state index in [1.165, 1.54) is 0 Å². The monoisotopic (exact) mass is 305 g/mol. The summed E-state index contributed by atoms with van der Waals surface area (Å²) in [7, 11) is -3.40. The third kappa shape index (κ3) is 6.38. The lowest BCUT2D eigenvalue weighted by Crippen LogP contribution is -2.30. The predicted molar refractivity (Wildman–Crippen MR) is 77.5 cm³/mol. The van der Waals surface area contributed by atoms with Gasteiger partial charge in [0.25, 0.3) is 0 Å². The smallest absolute Gasteiger partial charge is 0.215 e. The van der Waals surface area contributed by atoms with E-state index in [1.807, 2.05) is 6.92 Å². The van der Waals surface area contributed by atoms with E-state index >= 15 is 0 Å². The number of hydrogen-bond donors (Lipinski definition) is 2. The topological polar surface area (TPSA) is 66.4 Å². The molecule has 0 saturated carbocycles. The zero-order valence-corrected chi connectivity index (χ0v) is 12.7. The minimum absolute atomic E-state index is 0.0843. The van der Waals surface area contributed by atoms with E-state index in [9.17, 15) is 13.5 Å². The molecule has 0 heterocycles. The third-order valence-corrected chi connectivity index (χ3v) is 4.36. The van der Waals surface area contributed by atoms with E-state index < -0.39 is 16.1 Å². The van der Waals surface area contributed by atoms with E-state index in [0.29, 0.717) is 23.6 Å². The van der Waals surface area contributed by atoms with E-state index in [0.717, 1.165) is 0 Å². The Kier molecular flexibility index (Phi) is 6.26. The van der Waals surface area contributed by atoms with Gasteiger partial charge in [0.1, 0.15) is 0 Å². The molecule has 1 aromatic carbocycles. The van der Waals surface area contributed by atoms with Gasteiger partial charge in [0.15, 0.2) is 0 Å². The summed E-state index contributed by atoms with van der Waals surface area (Å²) in [5, 5.41) is 9.68. The number of halogens is 1. The molecule has 1 rings (SSSR count). The van der Waals surface area contributed by atoms with Crippen molar-refractivity contribution in [2.45, 2.75) is 32.1 Å². The molecule has 0 aliphatic carbocycles. The maximum atomic E-state index is 11.9. The van der Waals surface area contributed by atoms with E-state index in [1.54, 1.807) is 31.2 Å². The second kappa shape index (κ2) is 7.24. The van der Waals surface area contributed by atoms with Crippen LogP contribution in [0, 0.1) is 5.92 Å². The molecule has 0 bridgehead atoms. The molecule has 0 radical (unpaired) electrons. The van der Waals surface area contributed by atoms with Crippen LogP contribution in [-0.2, 0) is 15.8 Å². The number of aliphatic hydroxyl groups excluding tert-OH is 1. The molecule has 19 heavy (non-hydrogen) atoms. The Balaban J connectivity index is 2.56. The van der Waals surface area contributed by atoms with Crippen LogP contribution in [0.25, 0.3) is 0 Å². The van der Waals surface area contributed by atoms with Crippen LogP contribution in [0.3, 0.4) is 0 Å². The van der Waals surface area contributed by atoms with Gasteiger partial charge in [0, 0.05) is 11.6 Å². The van der Waals surface area contributed by atoms with Crippen LogP contribution in [-0.4, -0.2) is 26.2 Å². The Morgan fingerprint density at radius 1 is 1.32 bits per heavy atom. The van der Waals surface area contributed by atoms with Crippen LogP contribution < -0.4 is 4.72 Å². The van der Waals surface area contributed by atoms with Crippen LogP contribution in [0.2, 0.25) is 5.02 Å². The molecule has 6 heteroatoms. The van der Waals surface area contributed by atoms with Crippen LogP contribution in [0.4, 0.5) is 0 Å². The van der Waals surface area contributed by atoms with Crippen molar-refractivity contribution >= 4 is 21.6 Å². The molecule has 108 valence electrons. The third-order valence-electron chi connectivity index (χ3n) is 2.70. The molecule has 2 N–H and O–H groups in total. The highest BCUT2D eigenvalue weighted by molar-refractivity contribution is 7.88. The van der Waals surface area contributed by atoms with Gasteiger partial charge in [-0.05, 0) is 30.9 Å². The zero-order chi connectivity index (χ0) is 14.5.